The molecule has 0 rings (SSSR count). The van der Waals surface area contributed by atoms with E-state index in [1.165, 1.54) is 70.6 Å². The van der Waals surface area contributed by atoms with Gasteiger partial charge >= 0.3 is 5.97 Å². The Morgan fingerprint density at radius 3 is 1.58 bits per heavy atom. The van der Waals surface area contributed by atoms with Crippen LogP contribution in [-0.4, -0.2) is 27.8 Å². The lowest BCUT2D eigenvalue weighted by Crippen LogP contribution is -1.93. The molecule has 0 spiro atoms. The first kappa shape index (κ1) is 25.6. The van der Waals surface area contributed by atoms with E-state index in [4.69, 9.17) is 5.11 Å². The fourth-order valence-electron chi connectivity index (χ4n) is 2.35. The number of hydrogen-bond acceptors (Lipinski definition) is 2. The van der Waals surface area contributed by atoms with Crippen molar-refractivity contribution in [1.29, 1.82) is 0 Å². The Labute approximate surface area is 152 Å². The van der Waals surface area contributed by atoms with Gasteiger partial charge < -0.3 is 5.11 Å². The van der Waals surface area contributed by atoms with Crippen LogP contribution in [0.4, 0.5) is 0 Å². The number of rotatable bonds is 15. The van der Waals surface area contributed by atoms with Crippen LogP contribution in [-0.2, 0) is 15.6 Å². The van der Waals surface area contributed by atoms with Crippen molar-refractivity contribution in [2.24, 2.45) is 0 Å². The third-order valence-corrected chi connectivity index (χ3v) is 3.65. The molecule has 0 heterocycles. The number of allylic oxidation sites excluding steroid dienone is 2. The Balaban J connectivity index is 0. The summed E-state index contributed by atoms with van der Waals surface area (Å²) in [6.45, 7) is 2.26. The minimum absolute atomic E-state index is 0.332. The molecule has 4 heteroatoms. The van der Waals surface area contributed by atoms with E-state index >= 15 is 0 Å². The van der Waals surface area contributed by atoms with Gasteiger partial charge in [0.1, 0.15) is 0 Å². The van der Waals surface area contributed by atoms with Crippen LogP contribution in [0, 0.1) is 0 Å². The van der Waals surface area contributed by atoms with Crippen LogP contribution in [0.15, 0.2) is 12.2 Å². The minimum Gasteiger partial charge on any atom is -0.481 e. The number of unbranched alkanes of at least 4 members (excludes halogenated alkanes) is 11. The van der Waals surface area contributed by atoms with E-state index in [1.54, 1.807) is 12.5 Å². The third-order valence-electron chi connectivity index (χ3n) is 3.65. The van der Waals surface area contributed by atoms with Crippen LogP contribution in [0.5, 0.6) is 0 Å². The average Bonchev–Trinajstić information content (AvgIpc) is 2.50. The zero-order chi connectivity index (χ0) is 18.5. The first-order chi connectivity index (χ1) is 11.5. The van der Waals surface area contributed by atoms with E-state index in [-0.39, 0.29) is 0 Å². The van der Waals surface area contributed by atoms with Crippen molar-refractivity contribution in [3.05, 3.63) is 12.2 Å². The summed E-state index contributed by atoms with van der Waals surface area (Å²) in [5.74, 6) is -0.664. The highest BCUT2D eigenvalue weighted by atomic mass is 32.2. The Hall–Kier alpha value is -0.640. The van der Waals surface area contributed by atoms with E-state index in [0.29, 0.717) is 6.42 Å². The van der Waals surface area contributed by atoms with Gasteiger partial charge in [-0.3, -0.25) is 9.00 Å². The summed E-state index contributed by atoms with van der Waals surface area (Å²) in [6.07, 6.45) is 24.5. The highest BCUT2D eigenvalue weighted by Gasteiger charge is 1.95. The van der Waals surface area contributed by atoms with Gasteiger partial charge in [-0.2, -0.15) is 0 Å². The Morgan fingerprint density at radius 1 is 0.792 bits per heavy atom. The van der Waals surface area contributed by atoms with Crippen LogP contribution in [0.1, 0.15) is 96.8 Å². The smallest absolute Gasteiger partial charge is 0.303 e. The molecule has 0 aromatic heterocycles. The maximum Gasteiger partial charge on any atom is 0.303 e. The second kappa shape index (κ2) is 22.4. The van der Waals surface area contributed by atoms with Crippen molar-refractivity contribution in [2.75, 3.05) is 12.5 Å². The summed E-state index contributed by atoms with van der Waals surface area (Å²) < 4.78 is 9.56. The molecule has 144 valence electrons. The monoisotopic (exact) mass is 360 g/mol. The van der Waals surface area contributed by atoms with Crippen molar-refractivity contribution in [3.8, 4) is 0 Å². The van der Waals surface area contributed by atoms with Gasteiger partial charge in [0.05, 0.1) is 0 Å². The molecule has 3 nitrogen and oxygen atoms in total. The molecule has 1 N–H and O–H groups in total. The molecule has 0 saturated carbocycles. The number of carboxylic acids is 1. The van der Waals surface area contributed by atoms with Gasteiger partial charge in [0.15, 0.2) is 0 Å². The van der Waals surface area contributed by atoms with Crippen LogP contribution >= 0.6 is 0 Å². The van der Waals surface area contributed by atoms with Gasteiger partial charge in [-0.25, -0.2) is 0 Å². The van der Waals surface area contributed by atoms with Crippen LogP contribution in [0.25, 0.3) is 0 Å². The lowest BCUT2D eigenvalue weighted by Gasteiger charge is -1.99. The molecule has 0 aliphatic carbocycles. The minimum atomic E-state index is -0.664. The molecule has 0 fully saturated rings. The van der Waals surface area contributed by atoms with Crippen molar-refractivity contribution in [1.82, 2.24) is 0 Å². The van der Waals surface area contributed by atoms with Gasteiger partial charge in [-0.15, -0.1) is 0 Å². The Bertz CT molecular complexity index is 310. The van der Waals surface area contributed by atoms with Crippen LogP contribution in [0.2, 0.25) is 0 Å². The lowest BCUT2D eigenvalue weighted by molar-refractivity contribution is -0.137. The summed E-state index contributed by atoms with van der Waals surface area (Å²) in [7, 11) is -0.611. The summed E-state index contributed by atoms with van der Waals surface area (Å²) in [6, 6.07) is 0. The third kappa shape index (κ3) is 33.1. The first-order valence-electron chi connectivity index (χ1n) is 9.62. The molecule has 0 atom stereocenters. The standard InChI is InChI=1S/C18H34O2.C2H6OS/c1-2-3-4-5-6-7-8-9-10-11-12-13-14-15-16-17-18(19)20;1-4(2)3/h9-10H,2-8,11-17H2,1H3,(H,19,20);1-2H3/b10-9-;. The van der Waals surface area contributed by atoms with Crippen molar-refractivity contribution >= 4 is 16.8 Å². The maximum absolute atomic E-state index is 10.3. The van der Waals surface area contributed by atoms with E-state index in [1.807, 2.05) is 0 Å². The van der Waals surface area contributed by atoms with Gasteiger partial charge in [0.2, 0.25) is 0 Å². The fraction of sp³-hybridized carbons (Fsp3) is 0.850. The van der Waals surface area contributed by atoms with E-state index < -0.39 is 16.8 Å². The van der Waals surface area contributed by atoms with E-state index in [9.17, 15) is 9.00 Å². The SMILES string of the molecule is CCCCCCCC/C=C\CCCCCCCC(=O)O.CS(C)=O. The molecule has 0 bridgehead atoms. The molecule has 0 aliphatic rings. The second-order valence-corrected chi connectivity index (χ2v) is 7.95. The molecule has 24 heavy (non-hydrogen) atoms. The number of hydrogen-bond donors (Lipinski definition) is 1. The first-order valence-corrected chi connectivity index (χ1v) is 11.6. The van der Waals surface area contributed by atoms with Gasteiger partial charge in [-0.1, -0.05) is 70.4 Å². The summed E-state index contributed by atoms with van der Waals surface area (Å²) in [5, 5.41) is 8.51. The second-order valence-electron chi connectivity index (χ2n) is 6.47. The normalized spacial score (nSPS) is 10.8. The number of carbonyl (C=O) groups is 1. The van der Waals surface area contributed by atoms with Crippen LogP contribution in [0.3, 0.4) is 0 Å². The van der Waals surface area contributed by atoms with Crippen molar-refractivity contribution in [2.45, 2.75) is 96.8 Å². The molecular formula is C20H40O3S. The quantitative estimate of drug-likeness (QED) is 0.283. The molecule has 0 aromatic rings. The number of carboxylic acid groups (broad SMARTS) is 1. The van der Waals surface area contributed by atoms with E-state index in [2.05, 4.69) is 19.1 Å². The predicted molar refractivity (Wildman–Crippen MR) is 107 cm³/mol. The molecule has 0 aliphatic heterocycles. The zero-order valence-corrected chi connectivity index (χ0v) is 17.0. The summed E-state index contributed by atoms with van der Waals surface area (Å²) in [4.78, 5) is 10.3. The van der Waals surface area contributed by atoms with E-state index in [0.717, 1.165) is 12.8 Å². The predicted octanol–water partition coefficient (Wildman–Crippen LogP) is 6.10. The highest BCUT2D eigenvalue weighted by Crippen LogP contribution is 2.09. The molecule has 0 unspecified atom stereocenters. The van der Waals surface area contributed by atoms with Crippen molar-refractivity contribution in [3.63, 3.8) is 0 Å². The summed E-state index contributed by atoms with van der Waals surface area (Å²) in [5.41, 5.74) is 0. The maximum atomic E-state index is 10.3. The number of aliphatic carboxylic acids is 1. The molecule has 0 aromatic carbocycles. The molecule has 0 radical (unpaired) electrons. The van der Waals surface area contributed by atoms with Crippen LogP contribution < -0.4 is 0 Å². The zero-order valence-electron chi connectivity index (χ0n) is 16.2. The largest absolute Gasteiger partial charge is 0.481 e. The lowest BCUT2D eigenvalue weighted by atomic mass is 10.1. The van der Waals surface area contributed by atoms with Gasteiger partial charge in [-0.05, 0) is 32.1 Å². The topological polar surface area (TPSA) is 54.4 Å². The van der Waals surface area contributed by atoms with Gasteiger partial charge in [0.25, 0.3) is 0 Å². The Morgan fingerprint density at radius 2 is 1.17 bits per heavy atom. The van der Waals surface area contributed by atoms with Gasteiger partial charge in [0, 0.05) is 29.7 Å². The van der Waals surface area contributed by atoms with Crippen molar-refractivity contribution < 1.29 is 14.1 Å². The average molecular weight is 361 g/mol. The summed E-state index contributed by atoms with van der Waals surface area (Å²) >= 11 is 0. The molecular weight excluding hydrogens is 320 g/mol. The highest BCUT2D eigenvalue weighted by molar-refractivity contribution is 7.83. The Kier molecular flexibility index (Phi) is 23.8. The molecule has 0 amide bonds. The molecule has 0 saturated heterocycles. The fourth-order valence-corrected chi connectivity index (χ4v) is 2.35.